The molecule has 0 radical (unpaired) electrons. The van der Waals surface area contributed by atoms with E-state index in [4.69, 9.17) is 11.6 Å². The van der Waals surface area contributed by atoms with Crippen LogP contribution in [0.3, 0.4) is 0 Å². The lowest BCUT2D eigenvalue weighted by Gasteiger charge is -2.21. The van der Waals surface area contributed by atoms with Crippen LogP contribution in [0.4, 0.5) is 0 Å². The van der Waals surface area contributed by atoms with Crippen molar-refractivity contribution in [2.75, 3.05) is 0 Å². The van der Waals surface area contributed by atoms with E-state index in [1.165, 1.54) is 4.90 Å². The number of hydrogen-bond acceptors (Lipinski definition) is 2. The molecule has 1 aliphatic heterocycles. The van der Waals surface area contributed by atoms with Gasteiger partial charge in [-0.3, -0.25) is 4.79 Å². The molecular weight excluding hydrogens is 226 g/mol. The highest BCUT2D eigenvalue weighted by Crippen LogP contribution is 2.29. The molecule has 1 aromatic rings. The second-order valence-electron chi connectivity index (χ2n) is 4.10. The maximum Gasteiger partial charge on any atom is 0.229 e. The van der Waals surface area contributed by atoms with E-state index in [9.17, 15) is 9.90 Å². The van der Waals surface area contributed by atoms with Crippen LogP contribution in [0, 0.1) is 5.92 Å². The summed E-state index contributed by atoms with van der Waals surface area (Å²) in [4.78, 5) is 13.2. The van der Waals surface area contributed by atoms with Gasteiger partial charge in [0.05, 0.1) is 11.3 Å². The number of carbonyl (C=O) groups is 1. The van der Waals surface area contributed by atoms with Crippen molar-refractivity contribution in [1.29, 1.82) is 0 Å². The SMILES string of the molecule is CC1C(=O)N(Cc2ccccc2)C(O)C1Cl. The van der Waals surface area contributed by atoms with Gasteiger partial charge >= 0.3 is 0 Å². The van der Waals surface area contributed by atoms with Crippen molar-refractivity contribution >= 4 is 17.5 Å². The smallest absolute Gasteiger partial charge is 0.229 e. The lowest BCUT2D eigenvalue weighted by molar-refractivity contribution is -0.136. The normalized spacial score (nSPS) is 29.8. The van der Waals surface area contributed by atoms with Gasteiger partial charge < -0.3 is 10.0 Å². The van der Waals surface area contributed by atoms with E-state index in [0.717, 1.165) is 5.56 Å². The van der Waals surface area contributed by atoms with Gasteiger partial charge in [0.25, 0.3) is 0 Å². The minimum Gasteiger partial charge on any atom is -0.372 e. The summed E-state index contributed by atoms with van der Waals surface area (Å²) in [5, 5.41) is 9.32. The predicted molar refractivity (Wildman–Crippen MR) is 61.8 cm³/mol. The molecule has 1 amide bonds. The number of amides is 1. The Morgan fingerprint density at radius 2 is 2.00 bits per heavy atom. The van der Waals surface area contributed by atoms with E-state index < -0.39 is 11.6 Å². The average Bonchev–Trinajstić information content (AvgIpc) is 2.48. The first-order chi connectivity index (χ1) is 7.61. The van der Waals surface area contributed by atoms with E-state index in [0.29, 0.717) is 6.54 Å². The van der Waals surface area contributed by atoms with Crippen LogP contribution in [0.2, 0.25) is 0 Å². The first-order valence-electron chi connectivity index (χ1n) is 5.28. The Bertz CT molecular complexity index is 382. The summed E-state index contributed by atoms with van der Waals surface area (Å²) in [7, 11) is 0. The molecule has 1 aromatic carbocycles. The number of halogens is 1. The summed E-state index contributed by atoms with van der Waals surface area (Å²) >= 11 is 5.96. The van der Waals surface area contributed by atoms with Crippen LogP contribution in [0.15, 0.2) is 30.3 Å². The molecule has 4 heteroatoms. The third-order valence-corrected chi connectivity index (χ3v) is 3.55. The summed E-state index contributed by atoms with van der Waals surface area (Å²) in [5.41, 5.74) is 0.993. The topological polar surface area (TPSA) is 40.5 Å². The van der Waals surface area contributed by atoms with Crippen molar-refractivity contribution in [3.8, 4) is 0 Å². The van der Waals surface area contributed by atoms with Crippen LogP contribution in [-0.4, -0.2) is 27.5 Å². The summed E-state index contributed by atoms with van der Waals surface area (Å²) in [5.74, 6) is -0.406. The number of hydrogen-bond donors (Lipinski definition) is 1. The lowest BCUT2D eigenvalue weighted by atomic mass is 10.1. The predicted octanol–water partition coefficient (Wildman–Crippen LogP) is 1.59. The molecule has 1 N–H and O–H groups in total. The van der Waals surface area contributed by atoms with Crippen LogP contribution in [-0.2, 0) is 11.3 Å². The third-order valence-electron chi connectivity index (χ3n) is 2.95. The standard InChI is InChI=1S/C12H14ClNO2/c1-8-10(13)12(16)14(11(8)15)7-9-5-3-2-4-6-9/h2-6,8,10,12,16H,7H2,1H3. The molecule has 3 nitrogen and oxygen atoms in total. The average molecular weight is 240 g/mol. The summed E-state index contributed by atoms with van der Waals surface area (Å²) in [6.45, 7) is 2.16. The van der Waals surface area contributed by atoms with Crippen LogP contribution in [0.1, 0.15) is 12.5 Å². The number of aliphatic hydroxyl groups is 1. The Balaban J connectivity index is 2.14. The van der Waals surface area contributed by atoms with E-state index in [2.05, 4.69) is 0 Å². The number of carbonyl (C=O) groups excluding carboxylic acids is 1. The fourth-order valence-corrected chi connectivity index (χ4v) is 2.15. The van der Waals surface area contributed by atoms with Gasteiger partial charge in [-0.05, 0) is 5.56 Å². The summed E-state index contributed by atoms with van der Waals surface area (Å²) in [6.07, 6.45) is -0.885. The number of aliphatic hydroxyl groups excluding tert-OH is 1. The van der Waals surface area contributed by atoms with Gasteiger partial charge in [-0.25, -0.2) is 0 Å². The Morgan fingerprint density at radius 3 is 2.50 bits per heavy atom. The first kappa shape index (κ1) is 11.4. The van der Waals surface area contributed by atoms with Crippen LogP contribution >= 0.6 is 11.6 Å². The van der Waals surface area contributed by atoms with Gasteiger partial charge in [-0.2, -0.15) is 0 Å². The van der Waals surface area contributed by atoms with Crippen molar-refractivity contribution in [2.24, 2.45) is 5.92 Å². The van der Waals surface area contributed by atoms with Gasteiger partial charge in [-0.15, -0.1) is 11.6 Å². The summed E-state index contributed by atoms with van der Waals surface area (Å²) in [6, 6.07) is 9.57. The third kappa shape index (κ3) is 1.93. The second-order valence-corrected chi connectivity index (χ2v) is 4.60. The molecule has 86 valence electrons. The Hall–Kier alpha value is -1.06. The number of likely N-dealkylation sites (tertiary alicyclic amines) is 1. The first-order valence-corrected chi connectivity index (χ1v) is 5.71. The van der Waals surface area contributed by atoms with E-state index in [1.807, 2.05) is 30.3 Å². The number of rotatable bonds is 2. The second kappa shape index (κ2) is 4.44. The molecule has 2 rings (SSSR count). The van der Waals surface area contributed by atoms with Gasteiger partial charge in [0.1, 0.15) is 6.23 Å². The largest absolute Gasteiger partial charge is 0.372 e. The number of alkyl halides is 1. The lowest BCUT2D eigenvalue weighted by Crippen LogP contribution is -2.34. The zero-order valence-electron chi connectivity index (χ0n) is 9.01. The van der Waals surface area contributed by atoms with Crippen molar-refractivity contribution in [1.82, 2.24) is 4.90 Å². The molecule has 1 saturated heterocycles. The zero-order chi connectivity index (χ0) is 11.7. The highest BCUT2D eigenvalue weighted by Gasteiger charge is 2.43. The summed E-state index contributed by atoms with van der Waals surface area (Å²) < 4.78 is 0. The Kier molecular flexibility index (Phi) is 3.17. The molecular formula is C12H14ClNO2. The molecule has 0 saturated carbocycles. The Morgan fingerprint density at radius 1 is 1.38 bits per heavy atom. The van der Waals surface area contributed by atoms with E-state index in [-0.39, 0.29) is 11.8 Å². The van der Waals surface area contributed by atoms with E-state index >= 15 is 0 Å². The maximum atomic E-state index is 11.8. The quantitative estimate of drug-likeness (QED) is 0.797. The molecule has 1 aliphatic rings. The van der Waals surface area contributed by atoms with E-state index in [1.54, 1.807) is 6.92 Å². The zero-order valence-corrected chi connectivity index (χ0v) is 9.76. The van der Waals surface area contributed by atoms with Crippen molar-refractivity contribution < 1.29 is 9.90 Å². The van der Waals surface area contributed by atoms with Crippen molar-refractivity contribution in [3.63, 3.8) is 0 Å². The maximum absolute atomic E-state index is 11.8. The van der Waals surface area contributed by atoms with Crippen LogP contribution in [0.25, 0.3) is 0 Å². The molecule has 1 heterocycles. The van der Waals surface area contributed by atoms with Gasteiger partial charge in [0.2, 0.25) is 5.91 Å². The number of nitrogens with zero attached hydrogens (tertiary/aromatic N) is 1. The highest BCUT2D eigenvalue weighted by molar-refractivity contribution is 6.23. The molecule has 0 spiro atoms. The van der Waals surface area contributed by atoms with Gasteiger partial charge in [0.15, 0.2) is 0 Å². The molecule has 0 bridgehead atoms. The molecule has 16 heavy (non-hydrogen) atoms. The number of benzene rings is 1. The monoisotopic (exact) mass is 239 g/mol. The molecule has 3 atom stereocenters. The van der Waals surface area contributed by atoms with Crippen LogP contribution in [0.5, 0.6) is 0 Å². The molecule has 0 aliphatic carbocycles. The van der Waals surface area contributed by atoms with Gasteiger partial charge in [0, 0.05) is 6.54 Å². The van der Waals surface area contributed by atoms with Crippen molar-refractivity contribution in [2.45, 2.75) is 25.1 Å². The van der Waals surface area contributed by atoms with Crippen molar-refractivity contribution in [3.05, 3.63) is 35.9 Å². The fraction of sp³-hybridized carbons (Fsp3) is 0.417. The van der Waals surface area contributed by atoms with Gasteiger partial charge in [-0.1, -0.05) is 37.3 Å². The molecule has 3 unspecified atom stereocenters. The van der Waals surface area contributed by atoms with Crippen LogP contribution < -0.4 is 0 Å². The Labute approximate surface area is 99.6 Å². The fourth-order valence-electron chi connectivity index (χ4n) is 1.91. The minimum absolute atomic E-state index is 0.0867. The minimum atomic E-state index is -0.885. The molecule has 1 fully saturated rings. The highest BCUT2D eigenvalue weighted by atomic mass is 35.5. The molecule has 0 aromatic heterocycles.